The van der Waals surface area contributed by atoms with E-state index in [2.05, 4.69) is 62.4 Å². The molecule has 2 aromatic carbocycles. The molecule has 0 aliphatic heterocycles. The molecule has 5 rings (SSSR count). The van der Waals surface area contributed by atoms with Gasteiger partial charge in [-0.2, -0.15) is 0 Å². The highest BCUT2D eigenvalue weighted by Crippen LogP contribution is 2.51. The fraction of sp³-hybridized carbons (Fsp3) is 0.594. The second kappa shape index (κ2) is 10.1. The molecule has 1 radical (unpaired) electrons. The van der Waals surface area contributed by atoms with Crippen molar-refractivity contribution in [1.29, 1.82) is 0 Å². The van der Waals surface area contributed by atoms with Crippen molar-refractivity contribution in [2.45, 2.75) is 103 Å². The van der Waals surface area contributed by atoms with Gasteiger partial charge in [-0.25, -0.2) is 0 Å². The minimum absolute atomic E-state index is 0.668. The summed E-state index contributed by atoms with van der Waals surface area (Å²) in [4.78, 5) is 0. The number of hydrogen-bond acceptors (Lipinski definition) is 0. The van der Waals surface area contributed by atoms with Gasteiger partial charge in [-0.15, -0.1) is 0 Å². The Kier molecular flexibility index (Phi) is 7.05. The number of fused-ring (bicyclic) bond motifs is 1. The summed E-state index contributed by atoms with van der Waals surface area (Å²) < 4.78 is 0. The van der Waals surface area contributed by atoms with E-state index in [0.29, 0.717) is 5.92 Å². The topological polar surface area (TPSA) is 0 Å². The number of rotatable bonds is 8. The molecule has 0 heterocycles. The van der Waals surface area contributed by atoms with E-state index in [1.807, 2.05) is 0 Å². The molecule has 0 N–H and O–H groups in total. The first-order valence-corrected chi connectivity index (χ1v) is 13.8. The van der Waals surface area contributed by atoms with Crippen LogP contribution < -0.4 is 0 Å². The Balaban J connectivity index is 1.49. The maximum absolute atomic E-state index is 2.50. The minimum atomic E-state index is 0.668. The standard InChI is InChI=1S/C32H43/c1-3-23(2)29-17-10-18-31(32(29)26-19-20-26)28(21-24-11-5-4-6-12-24)22-27-15-9-14-25-13-7-8-16-30(25)27/h4-6,10-12,17-18,23,25-27,30H,3,7-9,13-16,19-22H2,1-2H3. The van der Waals surface area contributed by atoms with Crippen LogP contribution in [0.15, 0.2) is 48.5 Å². The largest absolute Gasteiger partial charge is 0.0648 e. The van der Waals surface area contributed by atoms with Crippen molar-refractivity contribution < 1.29 is 0 Å². The van der Waals surface area contributed by atoms with E-state index in [-0.39, 0.29) is 0 Å². The van der Waals surface area contributed by atoms with Crippen LogP contribution in [-0.2, 0) is 6.42 Å². The van der Waals surface area contributed by atoms with Gasteiger partial charge in [0, 0.05) is 5.92 Å². The highest BCUT2D eigenvalue weighted by molar-refractivity contribution is 5.49. The molecule has 0 saturated heterocycles. The first kappa shape index (κ1) is 22.2. The average molecular weight is 428 g/mol. The van der Waals surface area contributed by atoms with Crippen molar-refractivity contribution in [1.82, 2.24) is 0 Å². The Morgan fingerprint density at radius 2 is 1.62 bits per heavy atom. The second-order valence-corrected chi connectivity index (χ2v) is 11.3. The van der Waals surface area contributed by atoms with Gasteiger partial charge in [0.1, 0.15) is 0 Å². The summed E-state index contributed by atoms with van der Waals surface area (Å²) in [6, 6.07) is 18.6. The maximum atomic E-state index is 2.50. The molecule has 3 fully saturated rings. The first-order chi connectivity index (χ1) is 15.7. The zero-order chi connectivity index (χ0) is 21.9. The van der Waals surface area contributed by atoms with Gasteiger partial charge < -0.3 is 0 Å². The van der Waals surface area contributed by atoms with E-state index < -0.39 is 0 Å². The fourth-order valence-corrected chi connectivity index (χ4v) is 7.13. The molecule has 4 atom stereocenters. The van der Waals surface area contributed by atoms with E-state index in [1.165, 1.54) is 76.2 Å². The molecule has 32 heavy (non-hydrogen) atoms. The predicted molar refractivity (Wildman–Crippen MR) is 137 cm³/mol. The quantitative estimate of drug-likeness (QED) is 0.394. The molecule has 3 aliphatic carbocycles. The Morgan fingerprint density at radius 1 is 0.844 bits per heavy atom. The SMILES string of the molecule is CCC(C)c1cccc([C](Cc2ccccc2)CC2CCCC3CCCCC32)c1C1CC1. The van der Waals surface area contributed by atoms with Gasteiger partial charge in [0.05, 0.1) is 0 Å². The third-order valence-electron chi connectivity index (χ3n) is 9.14. The van der Waals surface area contributed by atoms with Crippen LogP contribution in [-0.4, -0.2) is 0 Å². The lowest BCUT2D eigenvalue weighted by atomic mass is 9.62. The van der Waals surface area contributed by atoms with Gasteiger partial charge in [0.2, 0.25) is 0 Å². The summed E-state index contributed by atoms with van der Waals surface area (Å²) in [6.07, 6.45) is 16.9. The van der Waals surface area contributed by atoms with Crippen LogP contribution in [0.4, 0.5) is 0 Å². The van der Waals surface area contributed by atoms with Crippen molar-refractivity contribution >= 4 is 0 Å². The third kappa shape index (κ3) is 4.85. The predicted octanol–water partition coefficient (Wildman–Crippen LogP) is 9.24. The van der Waals surface area contributed by atoms with E-state index in [9.17, 15) is 0 Å². The summed E-state index contributed by atoms with van der Waals surface area (Å²) in [5.74, 6) is 6.16. The van der Waals surface area contributed by atoms with E-state index in [0.717, 1.165) is 30.1 Å². The molecular weight excluding hydrogens is 384 g/mol. The van der Waals surface area contributed by atoms with Crippen LogP contribution in [0.5, 0.6) is 0 Å². The monoisotopic (exact) mass is 427 g/mol. The van der Waals surface area contributed by atoms with Crippen molar-refractivity contribution in [3.8, 4) is 0 Å². The van der Waals surface area contributed by atoms with Crippen LogP contribution in [0.25, 0.3) is 0 Å². The molecule has 2 aromatic rings. The summed E-state index contributed by atoms with van der Waals surface area (Å²) in [5.41, 5.74) is 6.53. The lowest BCUT2D eigenvalue weighted by Gasteiger charge is -2.43. The molecule has 171 valence electrons. The van der Waals surface area contributed by atoms with Gasteiger partial charge >= 0.3 is 0 Å². The number of benzene rings is 2. The van der Waals surface area contributed by atoms with Crippen LogP contribution >= 0.6 is 0 Å². The molecule has 0 spiro atoms. The normalized spacial score (nSPS) is 26.7. The van der Waals surface area contributed by atoms with Gasteiger partial charge in [-0.1, -0.05) is 101 Å². The molecule has 0 heteroatoms. The summed E-state index contributed by atoms with van der Waals surface area (Å²) >= 11 is 0. The number of hydrogen-bond donors (Lipinski definition) is 0. The van der Waals surface area contributed by atoms with Crippen LogP contribution in [0.2, 0.25) is 0 Å². The van der Waals surface area contributed by atoms with Crippen LogP contribution in [0.1, 0.15) is 119 Å². The summed E-state index contributed by atoms with van der Waals surface area (Å²) in [6.45, 7) is 4.80. The second-order valence-electron chi connectivity index (χ2n) is 11.3. The van der Waals surface area contributed by atoms with Gasteiger partial charge in [0.15, 0.2) is 0 Å². The van der Waals surface area contributed by atoms with E-state index in [4.69, 9.17) is 0 Å². The summed E-state index contributed by atoms with van der Waals surface area (Å²) in [7, 11) is 0. The highest BCUT2D eigenvalue weighted by atomic mass is 14.4. The average Bonchev–Trinajstić information content (AvgIpc) is 3.69. The maximum Gasteiger partial charge on any atom is 0.00991 e. The van der Waals surface area contributed by atoms with Gasteiger partial charge in [-0.3, -0.25) is 0 Å². The molecule has 0 bridgehead atoms. The Bertz CT molecular complexity index is 859. The van der Waals surface area contributed by atoms with Crippen molar-refractivity contribution in [3.05, 3.63) is 76.7 Å². The summed E-state index contributed by atoms with van der Waals surface area (Å²) in [5, 5.41) is 0. The lowest BCUT2D eigenvalue weighted by molar-refractivity contribution is 0.101. The molecule has 4 unspecified atom stereocenters. The molecule has 0 nitrogen and oxygen atoms in total. The van der Waals surface area contributed by atoms with Crippen LogP contribution in [0, 0.1) is 23.7 Å². The molecule has 3 aliphatic rings. The van der Waals surface area contributed by atoms with Crippen molar-refractivity contribution in [2.75, 3.05) is 0 Å². The van der Waals surface area contributed by atoms with E-state index >= 15 is 0 Å². The Labute approximate surface area is 197 Å². The molecule has 0 amide bonds. The minimum Gasteiger partial charge on any atom is -0.0648 e. The van der Waals surface area contributed by atoms with Crippen molar-refractivity contribution in [2.24, 2.45) is 17.8 Å². The molecule has 0 aromatic heterocycles. The smallest absolute Gasteiger partial charge is 0.00991 e. The van der Waals surface area contributed by atoms with E-state index in [1.54, 1.807) is 22.6 Å². The molecule has 3 saturated carbocycles. The van der Waals surface area contributed by atoms with Crippen molar-refractivity contribution in [3.63, 3.8) is 0 Å². The third-order valence-corrected chi connectivity index (χ3v) is 9.14. The Morgan fingerprint density at radius 3 is 2.41 bits per heavy atom. The molecular formula is C32H43. The highest BCUT2D eigenvalue weighted by Gasteiger charge is 2.38. The first-order valence-electron chi connectivity index (χ1n) is 13.8. The fourth-order valence-electron chi connectivity index (χ4n) is 7.13. The lowest BCUT2D eigenvalue weighted by Crippen LogP contribution is -2.32. The zero-order valence-corrected chi connectivity index (χ0v) is 20.5. The Hall–Kier alpha value is -1.56. The van der Waals surface area contributed by atoms with Crippen LogP contribution in [0.3, 0.4) is 0 Å². The van der Waals surface area contributed by atoms with Gasteiger partial charge in [0.25, 0.3) is 0 Å². The van der Waals surface area contributed by atoms with Gasteiger partial charge in [-0.05, 0) is 90.4 Å². The zero-order valence-electron chi connectivity index (χ0n) is 20.5.